The molecule has 1 fully saturated rings. The first kappa shape index (κ1) is 22.1. The molecule has 0 saturated carbocycles. The average Bonchev–Trinajstić information content (AvgIpc) is 2.82. The number of carbonyl (C=O) groups excluding carboxylic acids is 1. The number of halogens is 2. The number of aromatic nitrogens is 1. The first-order valence-corrected chi connectivity index (χ1v) is 11.1. The molecule has 2 aromatic carbocycles. The maximum Gasteiger partial charge on any atom is 0.275 e. The lowest BCUT2D eigenvalue weighted by Crippen LogP contribution is -2.45. The van der Waals surface area contributed by atoms with Crippen molar-refractivity contribution in [3.63, 3.8) is 0 Å². The van der Waals surface area contributed by atoms with E-state index in [2.05, 4.69) is 15.8 Å². The van der Waals surface area contributed by atoms with Crippen molar-refractivity contribution in [2.45, 2.75) is 13.0 Å². The number of nitrogens with zero attached hydrogens (tertiary/aromatic N) is 3. The second-order valence-corrected chi connectivity index (χ2v) is 8.75. The van der Waals surface area contributed by atoms with E-state index in [9.17, 15) is 14.0 Å². The molecule has 2 aliphatic rings. The van der Waals surface area contributed by atoms with E-state index in [1.165, 1.54) is 30.5 Å². The molecule has 5 rings (SSSR count). The Morgan fingerprint density at radius 2 is 1.91 bits per heavy atom. The van der Waals surface area contributed by atoms with Gasteiger partial charge >= 0.3 is 0 Å². The Labute approximate surface area is 194 Å². The summed E-state index contributed by atoms with van der Waals surface area (Å²) in [4.78, 5) is 30.2. The standard InChI is InChI=1S/C24H25F2N5O3/c1-14-13-34-23-20-17(11-19(26)21(23)30-8-6-29(2)7-9-30)22(32)18(12-31(14)20)24(33)28-27-16-5-3-4-15(25)10-16/h3-5,10-12,14,27H,6-9,13H2,1-2H3,(H,28,33). The smallest absolute Gasteiger partial charge is 0.275 e. The highest BCUT2D eigenvalue weighted by Crippen LogP contribution is 2.42. The number of hydrogen-bond acceptors (Lipinski definition) is 6. The number of hydrogen-bond donors (Lipinski definition) is 2. The van der Waals surface area contributed by atoms with E-state index < -0.39 is 23.0 Å². The number of carbonyl (C=O) groups is 1. The lowest BCUT2D eigenvalue weighted by atomic mass is 10.0. The molecule has 0 spiro atoms. The molecule has 1 amide bonds. The van der Waals surface area contributed by atoms with Gasteiger partial charge in [-0.2, -0.15) is 0 Å². The molecule has 1 unspecified atom stereocenters. The highest BCUT2D eigenvalue weighted by Gasteiger charge is 2.31. The highest BCUT2D eigenvalue weighted by atomic mass is 19.1. The molecule has 1 aromatic heterocycles. The molecule has 0 aliphatic carbocycles. The van der Waals surface area contributed by atoms with Crippen LogP contribution in [0.15, 0.2) is 41.3 Å². The third-order valence-electron chi connectivity index (χ3n) is 6.35. The number of anilines is 2. The number of hydrazine groups is 1. The molecule has 1 atom stereocenters. The van der Waals surface area contributed by atoms with E-state index >= 15 is 4.39 Å². The predicted octanol–water partition coefficient (Wildman–Crippen LogP) is 2.74. The Morgan fingerprint density at radius 1 is 1.15 bits per heavy atom. The lowest BCUT2D eigenvalue weighted by molar-refractivity contribution is 0.0960. The van der Waals surface area contributed by atoms with Crippen LogP contribution in [0.5, 0.6) is 5.75 Å². The minimum atomic E-state index is -0.705. The Hall–Kier alpha value is -3.66. The van der Waals surface area contributed by atoms with Gasteiger partial charge in [-0.3, -0.25) is 20.4 Å². The van der Waals surface area contributed by atoms with Crippen molar-refractivity contribution in [3.8, 4) is 5.75 Å². The fraction of sp³-hybridized carbons (Fsp3) is 0.333. The first-order valence-electron chi connectivity index (χ1n) is 11.1. The maximum absolute atomic E-state index is 15.4. The van der Waals surface area contributed by atoms with E-state index in [0.717, 1.165) is 13.1 Å². The van der Waals surface area contributed by atoms with Gasteiger partial charge < -0.3 is 19.1 Å². The van der Waals surface area contributed by atoms with Crippen LogP contribution in [-0.2, 0) is 0 Å². The summed E-state index contributed by atoms with van der Waals surface area (Å²) in [6.07, 6.45) is 1.48. The van der Waals surface area contributed by atoms with Crippen LogP contribution in [0.1, 0.15) is 23.3 Å². The van der Waals surface area contributed by atoms with Gasteiger partial charge in [0.05, 0.1) is 22.6 Å². The number of ether oxygens (including phenoxy) is 1. The van der Waals surface area contributed by atoms with Crippen molar-refractivity contribution < 1.29 is 18.3 Å². The summed E-state index contributed by atoms with van der Waals surface area (Å²) in [5.41, 5.74) is 5.43. The van der Waals surface area contributed by atoms with E-state index in [0.29, 0.717) is 35.7 Å². The predicted molar refractivity (Wildman–Crippen MR) is 126 cm³/mol. The Morgan fingerprint density at radius 3 is 2.65 bits per heavy atom. The summed E-state index contributed by atoms with van der Waals surface area (Å²) < 4.78 is 36.6. The number of nitrogens with one attached hydrogen (secondary N) is 2. The SMILES string of the molecule is CC1COc2c(N3CCN(C)CC3)c(F)cc3c(=O)c(C(=O)NNc4cccc(F)c4)cn1c23. The highest BCUT2D eigenvalue weighted by molar-refractivity contribution is 6.00. The van der Waals surface area contributed by atoms with Gasteiger partial charge in [-0.05, 0) is 38.2 Å². The van der Waals surface area contributed by atoms with Crippen LogP contribution in [0.3, 0.4) is 0 Å². The normalized spacial score (nSPS) is 18.0. The molecular weight excluding hydrogens is 444 g/mol. The van der Waals surface area contributed by atoms with Crippen LogP contribution in [0.25, 0.3) is 10.9 Å². The van der Waals surface area contributed by atoms with Gasteiger partial charge in [0.25, 0.3) is 5.91 Å². The summed E-state index contributed by atoms with van der Waals surface area (Å²) in [6, 6.07) is 6.56. The topological polar surface area (TPSA) is 78.8 Å². The molecule has 0 bridgehead atoms. The van der Waals surface area contributed by atoms with E-state index in [1.807, 2.05) is 18.9 Å². The Kier molecular flexibility index (Phi) is 5.60. The van der Waals surface area contributed by atoms with Gasteiger partial charge in [-0.15, -0.1) is 0 Å². The van der Waals surface area contributed by atoms with Crippen LogP contribution in [0.2, 0.25) is 0 Å². The lowest BCUT2D eigenvalue weighted by Gasteiger charge is -2.37. The van der Waals surface area contributed by atoms with Gasteiger partial charge in [0.1, 0.15) is 23.7 Å². The summed E-state index contributed by atoms with van der Waals surface area (Å²) in [5.74, 6) is -1.40. The molecular formula is C24H25F2N5O3. The number of rotatable bonds is 4. The fourth-order valence-electron chi connectivity index (χ4n) is 4.46. The molecule has 2 N–H and O–H groups in total. The fourth-order valence-corrected chi connectivity index (χ4v) is 4.46. The minimum absolute atomic E-state index is 0.0790. The zero-order valence-corrected chi connectivity index (χ0v) is 18.9. The molecule has 8 nitrogen and oxygen atoms in total. The molecule has 0 radical (unpaired) electrons. The van der Waals surface area contributed by atoms with E-state index in [4.69, 9.17) is 4.74 Å². The average molecular weight is 469 g/mol. The van der Waals surface area contributed by atoms with Crippen molar-refractivity contribution in [1.29, 1.82) is 0 Å². The summed E-state index contributed by atoms with van der Waals surface area (Å²) >= 11 is 0. The summed E-state index contributed by atoms with van der Waals surface area (Å²) in [6.45, 7) is 5.04. The summed E-state index contributed by atoms with van der Waals surface area (Å²) in [7, 11) is 2.02. The Balaban J connectivity index is 1.56. The van der Waals surface area contributed by atoms with Crippen LogP contribution in [0, 0.1) is 11.6 Å². The second-order valence-electron chi connectivity index (χ2n) is 8.75. The zero-order valence-electron chi connectivity index (χ0n) is 18.9. The molecule has 3 aromatic rings. The molecule has 34 heavy (non-hydrogen) atoms. The number of benzene rings is 2. The number of pyridine rings is 1. The number of amides is 1. The van der Waals surface area contributed by atoms with Crippen molar-refractivity contribution in [2.24, 2.45) is 0 Å². The molecule has 2 aliphatic heterocycles. The zero-order chi connectivity index (χ0) is 24.0. The molecule has 3 heterocycles. The molecule has 10 heteroatoms. The van der Waals surface area contributed by atoms with Crippen LogP contribution in [0.4, 0.5) is 20.2 Å². The number of piperazine rings is 1. The van der Waals surface area contributed by atoms with Gasteiger partial charge in [0, 0.05) is 32.4 Å². The summed E-state index contributed by atoms with van der Waals surface area (Å²) in [5, 5.41) is 0.0790. The van der Waals surface area contributed by atoms with Crippen LogP contribution < -0.4 is 25.9 Å². The van der Waals surface area contributed by atoms with Crippen molar-refractivity contribution >= 4 is 28.2 Å². The van der Waals surface area contributed by atoms with E-state index in [1.54, 1.807) is 10.6 Å². The number of likely N-dealkylation sites (N-methyl/N-ethyl adjacent to an activating group) is 1. The molecule has 178 valence electrons. The van der Waals surface area contributed by atoms with Gasteiger partial charge in [0.15, 0.2) is 11.6 Å². The Bertz CT molecular complexity index is 1330. The second kappa shape index (κ2) is 8.60. The van der Waals surface area contributed by atoms with Gasteiger partial charge in [0.2, 0.25) is 5.43 Å². The maximum atomic E-state index is 15.4. The van der Waals surface area contributed by atoms with Crippen LogP contribution >= 0.6 is 0 Å². The minimum Gasteiger partial charge on any atom is -0.487 e. The van der Waals surface area contributed by atoms with Crippen molar-refractivity contribution in [3.05, 3.63) is 63.9 Å². The largest absolute Gasteiger partial charge is 0.487 e. The van der Waals surface area contributed by atoms with Gasteiger partial charge in [-0.1, -0.05) is 6.07 Å². The third kappa shape index (κ3) is 3.83. The van der Waals surface area contributed by atoms with E-state index in [-0.39, 0.29) is 23.6 Å². The van der Waals surface area contributed by atoms with Crippen molar-refractivity contribution in [2.75, 3.05) is 50.2 Å². The van der Waals surface area contributed by atoms with Gasteiger partial charge in [-0.25, -0.2) is 8.78 Å². The first-order chi connectivity index (χ1) is 16.3. The monoisotopic (exact) mass is 469 g/mol. The molecule has 1 saturated heterocycles. The third-order valence-corrected chi connectivity index (χ3v) is 6.35. The quantitative estimate of drug-likeness (QED) is 0.573. The van der Waals surface area contributed by atoms with Crippen LogP contribution in [-0.4, -0.2) is 55.2 Å². The van der Waals surface area contributed by atoms with Crippen molar-refractivity contribution in [1.82, 2.24) is 14.9 Å².